The van der Waals surface area contributed by atoms with Gasteiger partial charge in [-0.25, -0.2) is 20.4 Å². The molecule has 0 atom stereocenters. The van der Waals surface area contributed by atoms with Crippen LogP contribution in [0.2, 0.25) is 0 Å². The first-order valence-electron chi connectivity index (χ1n) is 7.22. The van der Waals surface area contributed by atoms with Crippen molar-refractivity contribution in [3.8, 4) is 0 Å². The van der Waals surface area contributed by atoms with Gasteiger partial charge in [-0.3, -0.25) is 0 Å². The molecule has 0 saturated heterocycles. The van der Waals surface area contributed by atoms with E-state index < -0.39 is 5.41 Å². The molecule has 0 radical (unpaired) electrons. The maximum absolute atomic E-state index is 8.66. The van der Waals surface area contributed by atoms with Crippen molar-refractivity contribution in [1.29, 1.82) is 10.8 Å². The summed E-state index contributed by atoms with van der Waals surface area (Å²) in [4.78, 5) is 16.7. The summed E-state index contributed by atoms with van der Waals surface area (Å²) in [6, 6.07) is 6.38. The van der Waals surface area contributed by atoms with Crippen LogP contribution in [-0.4, -0.2) is 47.3 Å². The number of nitrogens with one attached hydrogen (secondary N) is 2. The van der Waals surface area contributed by atoms with Crippen LogP contribution in [0.25, 0.3) is 0 Å². The molecule has 0 aliphatic heterocycles. The zero-order valence-electron chi connectivity index (χ0n) is 14.7. The van der Waals surface area contributed by atoms with Crippen LogP contribution in [0.4, 0.5) is 0 Å². The first-order valence-corrected chi connectivity index (χ1v) is 7.22. The molecule has 0 aliphatic carbocycles. The van der Waals surface area contributed by atoms with E-state index in [2.05, 4.69) is 39.0 Å². The number of hydrogen-bond acceptors (Lipinski definition) is 7. The highest BCUT2D eigenvalue weighted by Gasteiger charge is 2.24. The molecule has 1 aromatic rings. The first kappa shape index (κ1) is 26.7. The Labute approximate surface area is 143 Å². The number of aliphatic hydroxyl groups is 3. The lowest BCUT2D eigenvalue weighted by molar-refractivity contribution is 0.00304. The van der Waals surface area contributed by atoms with Gasteiger partial charge < -0.3 is 15.3 Å². The Morgan fingerprint density at radius 1 is 0.917 bits per heavy atom. The molecule has 0 fully saturated rings. The zero-order chi connectivity index (χ0) is 19.6. The van der Waals surface area contributed by atoms with Crippen LogP contribution in [-0.2, 0) is 9.59 Å². The predicted molar refractivity (Wildman–Crippen MR) is 91.5 cm³/mol. The van der Waals surface area contributed by atoms with Crippen molar-refractivity contribution in [2.75, 3.05) is 19.8 Å². The van der Waals surface area contributed by atoms with Crippen LogP contribution >= 0.6 is 0 Å². The second kappa shape index (κ2) is 17.2. The Hall–Kier alpha value is -2.14. The molecule has 0 saturated carbocycles. The van der Waals surface area contributed by atoms with E-state index in [-0.39, 0.29) is 19.8 Å². The van der Waals surface area contributed by atoms with Crippen LogP contribution in [0.5, 0.6) is 0 Å². The van der Waals surface area contributed by atoms with E-state index in [0.717, 1.165) is 12.2 Å². The summed E-state index contributed by atoms with van der Waals surface area (Å²) in [5.74, 6) is 0. The van der Waals surface area contributed by atoms with Crippen molar-refractivity contribution in [3.05, 3.63) is 34.9 Å². The van der Waals surface area contributed by atoms with Gasteiger partial charge in [-0.05, 0) is 43.9 Å². The molecule has 136 valence electrons. The Morgan fingerprint density at radius 2 is 1.21 bits per heavy atom. The van der Waals surface area contributed by atoms with Gasteiger partial charge in [-0.15, -0.1) is 0 Å². The number of benzene rings is 1. The molecule has 0 heterocycles. The van der Waals surface area contributed by atoms with E-state index in [1.807, 2.05) is 6.92 Å². The van der Waals surface area contributed by atoms with Crippen molar-refractivity contribution in [2.45, 2.75) is 34.1 Å². The van der Waals surface area contributed by atoms with Crippen LogP contribution in [0.3, 0.4) is 0 Å². The molecule has 1 rings (SSSR count). The summed E-state index contributed by atoms with van der Waals surface area (Å²) in [6.07, 6.45) is 2.09. The van der Waals surface area contributed by atoms with Crippen molar-refractivity contribution in [3.63, 3.8) is 0 Å². The van der Waals surface area contributed by atoms with Crippen LogP contribution < -0.4 is 0 Å². The maximum atomic E-state index is 8.66. The van der Waals surface area contributed by atoms with E-state index in [1.165, 1.54) is 16.7 Å². The second-order valence-corrected chi connectivity index (χ2v) is 5.05. The summed E-state index contributed by atoms with van der Waals surface area (Å²) in [5.41, 5.74) is 3.52. The van der Waals surface area contributed by atoms with Gasteiger partial charge in [0.05, 0.1) is 19.8 Å². The van der Waals surface area contributed by atoms with Gasteiger partial charge in [0.1, 0.15) is 0 Å². The standard InChI is InChI=1S/C9H12.C6H14O3.2CHNO/c1-7-5-4-6-8(2)9(7)3;1-2-6(3-7,4-8)5-9;2*2-1-3/h4-6H,1-3H3;7-9H,2-5H2,1H3;2*2H. The average Bonchev–Trinajstić information content (AvgIpc) is 2.57. The zero-order valence-corrected chi connectivity index (χ0v) is 14.7. The van der Waals surface area contributed by atoms with E-state index in [4.69, 9.17) is 35.7 Å². The lowest BCUT2D eigenvalue weighted by atomic mass is 9.88. The van der Waals surface area contributed by atoms with Crippen molar-refractivity contribution in [2.24, 2.45) is 5.41 Å². The van der Waals surface area contributed by atoms with Crippen molar-refractivity contribution in [1.82, 2.24) is 0 Å². The molecule has 0 bridgehead atoms. The summed E-state index contributed by atoms with van der Waals surface area (Å²) < 4.78 is 0. The molecule has 7 heteroatoms. The van der Waals surface area contributed by atoms with Crippen molar-refractivity contribution >= 4 is 12.2 Å². The van der Waals surface area contributed by atoms with E-state index in [9.17, 15) is 0 Å². The first-order chi connectivity index (χ1) is 11.3. The van der Waals surface area contributed by atoms with Gasteiger partial charge in [0, 0.05) is 5.41 Å². The molecular formula is C17H28N2O5. The molecule has 0 aliphatic rings. The van der Waals surface area contributed by atoms with Crippen LogP contribution in [0, 0.1) is 37.0 Å². The molecular weight excluding hydrogens is 312 g/mol. The van der Waals surface area contributed by atoms with Crippen LogP contribution in [0.15, 0.2) is 18.2 Å². The normalized spacial score (nSPS) is 8.79. The highest BCUT2D eigenvalue weighted by atomic mass is 16.3. The fraction of sp³-hybridized carbons (Fsp3) is 0.529. The monoisotopic (exact) mass is 340 g/mol. The average molecular weight is 340 g/mol. The van der Waals surface area contributed by atoms with Gasteiger partial charge in [0.2, 0.25) is 12.2 Å². The van der Waals surface area contributed by atoms with Gasteiger partial charge in [0.15, 0.2) is 0 Å². The summed E-state index contributed by atoms with van der Waals surface area (Å²) in [6.45, 7) is 7.79. The molecule has 0 aromatic heterocycles. The molecule has 5 N–H and O–H groups in total. The number of hydrogen-bond donors (Lipinski definition) is 5. The highest BCUT2D eigenvalue weighted by Crippen LogP contribution is 2.18. The quantitative estimate of drug-likeness (QED) is 0.419. The third kappa shape index (κ3) is 12.4. The number of aryl methyl sites for hydroxylation is 2. The lowest BCUT2D eigenvalue weighted by Crippen LogP contribution is -2.32. The smallest absolute Gasteiger partial charge is 0.231 e. The Bertz CT molecular complexity index is 452. The minimum Gasteiger partial charge on any atom is -0.396 e. The minimum atomic E-state index is -0.667. The predicted octanol–water partition coefficient (Wildman–Crippen LogP) is 1.77. The number of isocyanates is 2. The minimum absolute atomic E-state index is 0.156. The van der Waals surface area contributed by atoms with Gasteiger partial charge in [-0.2, -0.15) is 0 Å². The van der Waals surface area contributed by atoms with E-state index in [0.29, 0.717) is 6.42 Å². The maximum Gasteiger partial charge on any atom is 0.231 e. The Balaban J connectivity index is -0.000000278. The Morgan fingerprint density at radius 3 is 1.33 bits per heavy atom. The molecule has 0 unspecified atom stereocenters. The number of rotatable bonds is 4. The summed E-state index contributed by atoms with van der Waals surface area (Å²) in [7, 11) is 0. The lowest BCUT2D eigenvalue weighted by Gasteiger charge is -2.24. The highest BCUT2D eigenvalue weighted by molar-refractivity contribution is 5.31. The molecule has 1 aromatic carbocycles. The van der Waals surface area contributed by atoms with E-state index >= 15 is 0 Å². The fourth-order valence-electron chi connectivity index (χ4n) is 1.38. The number of aliphatic hydroxyl groups excluding tert-OH is 3. The molecule has 24 heavy (non-hydrogen) atoms. The third-order valence-electron chi connectivity index (χ3n) is 3.63. The van der Waals surface area contributed by atoms with Gasteiger partial charge in [0.25, 0.3) is 0 Å². The topological polar surface area (TPSA) is 143 Å². The van der Waals surface area contributed by atoms with Gasteiger partial charge >= 0.3 is 0 Å². The number of carbonyl (C=O) groups excluding carboxylic acids is 2. The molecule has 7 nitrogen and oxygen atoms in total. The summed E-state index contributed by atoms with van der Waals surface area (Å²) in [5, 5.41) is 36.8. The summed E-state index contributed by atoms with van der Waals surface area (Å²) >= 11 is 0. The second-order valence-electron chi connectivity index (χ2n) is 5.05. The van der Waals surface area contributed by atoms with E-state index in [1.54, 1.807) is 0 Å². The Kier molecular flexibility index (Phi) is 19.2. The SMILES string of the molecule is CCC(CO)(CO)CO.Cc1cccc(C)c1C.N=C=O.N=C=O. The van der Waals surface area contributed by atoms with Crippen molar-refractivity contribution < 1.29 is 24.9 Å². The largest absolute Gasteiger partial charge is 0.396 e. The fourth-order valence-corrected chi connectivity index (χ4v) is 1.38. The molecule has 0 spiro atoms. The van der Waals surface area contributed by atoms with Crippen LogP contribution in [0.1, 0.15) is 30.0 Å². The third-order valence-corrected chi connectivity index (χ3v) is 3.63. The molecule has 0 amide bonds. The van der Waals surface area contributed by atoms with Gasteiger partial charge in [-0.1, -0.05) is 25.1 Å².